The zero-order valence-corrected chi connectivity index (χ0v) is 15.4. The lowest BCUT2D eigenvalue weighted by Crippen LogP contribution is -2.29. The number of carbonyl (C=O) groups is 1. The van der Waals surface area contributed by atoms with E-state index in [0.717, 1.165) is 11.3 Å². The molecule has 0 radical (unpaired) electrons. The van der Waals surface area contributed by atoms with E-state index in [9.17, 15) is 4.79 Å². The lowest BCUT2D eigenvalue weighted by Gasteiger charge is -2.18. The number of hydrogen-bond acceptors (Lipinski definition) is 2. The number of H-pyrrole nitrogens is 1. The molecule has 3 aromatic rings. The molecule has 1 unspecified atom stereocenters. The third-order valence-corrected chi connectivity index (χ3v) is 4.78. The Morgan fingerprint density at radius 2 is 1.84 bits per heavy atom. The average molecular weight is 351 g/mol. The van der Waals surface area contributed by atoms with Gasteiger partial charge in [-0.05, 0) is 61.8 Å². The summed E-state index contributed by atoms with van der Waals surface area (Å²) < 4.78 is 2.25. The van der Waals surface area contributed by atoms with Gasteiger partial charge in [0.25, 0.3) is 5.91 Å². The Balaban J connectivity index is 1.90. The van der Waals surface area contributed by atoms with Crippen LogP contribution in [-0.4, -0.2) is 15.5 Å². The fourth-order valence-electron chi connectivity index (χ4n) is 2.96. The second kappa shape index (κ2) is 7.07. The van der Waals surface area contributed by atoms with Crippen LogP contribution in [0.25, 0.3) is 5.69 Å². The van der Waals surface area contributed by atoms with Crippen LogP contribution in [0.2, 0.25) is 0 Å². The number of imidazole rings is 1. The van der Waals surface area contributed by atoms with Crippen molar-refractivity contribution in [3.05, 3.63) is 81.9 Å². The van der Waals surface area contributed by atoms with Crippen molar-refractivity contribution in [1.82, 2.24) is 14.9 Å². The van der Waals surface area contributed by atoms with Crippen molar-refractivity contribution in [1.29, 1.82) is 0 Å². The van der Waals surface area contributed by atoms with E-state index >= 15 is 0 Å². The SMILES string of the molecule is Cc1cccc(C(C)NC(=O)c2c[nH]c(=S)n2-c2ccccc2)c1C. The molecule has 0 bridgehead atoms. The van der Waals surface area contributed by atoms with E-state index in [2.05, 4.69) is 30.2 Å². The summed E-state index contributed by atoms with van der Waals surface area (Å²) in [6, 6.07) is 15.7. The molecule has 3 rings (SSSR count). The summed E-state index contributed by atoms with van der Waals surface area (Å²) in [6.45, 7) is 6.15. The van der Waals surface area contributed by atoms with Crippen LogP contribution in [0.4, 0.5) is 0 Å². The predicted octanol–water partition coefficient (Wildman–Crippen LogP) is 4.64. The highest BCUT2D eigenvalue weighted by atomic mass is 32.1. The molecule has 128 valence electrons. The lowest BCUT2D eigenvalue weighted by molar-refractivity contribution is 0.0933. The van der Waals surface area contributed by atoms with Gasteiger partial charge in [0, 0.05) is 11.9 Å². The quantitative estimate of drug-likeness (QED) is 0.673. The molecule has 0 aliphatic carbocycles. The molecule has 2 aromatic carbocycles. The Hall–Kier alpha value is -2.66. The number of nitrogens with one attached hydrogen (secondary N) is 2. The first-order valence-corrected chi connectivity index (χ1v) is 8.62. The summed E-state index contributed by atoms with van der Waals surface area (Å²) in [5, 5.41) is 3.08. The Kier molecular flexibility index (Phi) is 4.86. The average Bonchev–Trinajstić information content (AvgIpc) is 2.99. The molecule has 5 heteroatoms. The third kappa shape index (κ3) is 3.42. The van der Waals surface area contributed by atoms with E-state index in [-0.39, 0.29) is 11.9 Å². The van der Waals surface area contributed by atoms with Crippen molar-refractivity contribution in [2.45, 2.75) is 26.8 Å². The largest absolute Gasteiger partial charge is 0.344 e. The van der Waals surface area contributed by atoms with Crippen LogP contribution in [0.3, 0.4) is 0 Å². The molecule has 1 heterocycles. The summed E-state index contributed by atoms with van der Waals surface area (Å²) in [5.41, 5.74) is 4.89. The maximum atomic E-state index is 12.8. The van der Waals surface area contributed by atoms with E-state index < -0.39 is 0 Å². The second-order valence-corrected chi connectivity index (χ2v) is 6.52. The first-order chi connectivity index (χ1) is 12.0. The molecule has 2 N–H and O–H groups in total. The van der Waals surface area contributed by atoms with Gasteiger partial charge in [0.15, 0.2) is 4.77 Å². The number of aromatic amines is 1. The van der Waals surface area contributed by atoms with Gasteiger partial charge >= 0.3 is 0 Å². The van der Waals surface area contributed by atoms with E-state index in [1.54, 1.807) is 10.8 Å². The molecule has 4 nitrogen and oxygen atoms in total. The van der Waals surface area contributed by atoms with E-state index in [1.807, 2.05) is 49.4 Å². The molecular weight excluding hydrogens is 330 g/mol. The van der Waals surface area contributed by atoms with Crippen molar-refractivity contribution in [2.75, 3.05) is 0 Å². The maximum Gasteiger partial charge on any atom is 0.270 e. The first-order valence-electron chi connectivity index (χ1n) is 8.22. The topological polar surface area (TPSA) is 49.8 Å². The predicted molar refractivity (Wildman–Crippen MR) is 103 cm³/mol. The molecule has 0 aliphatic heterocycles. The highest BCUT2D eigenvalue weighted by Gasteiger charge is 2.18. The maximum absolute atomic E-state index is 12.8. The van der Waals surface area contributed by atoms with Gasteiger partial charge in [0.1, 0.15) is 5.69 Å². The summed E-state index contributed by atoms with van der Waals surface area (Å²) >= 11 is 5.35. The number of aryl methyl sites for hydroxylation is 1. The Bertz CT molecular complexity index is 957. The summed E-state index contributed by atoms with van der Waals surface area (Å²) in [6.07, 6.45) is 1.65. The van der Waals surface area contributed by atoms with Crippen LogP contribution in [-0.2, 0) is 0 Å². The number of carbonyl (C=O) groups excluding carboxylic acids is 1. The van der Waals surface area contributed by atoms with Crippen LogP contribution in [0.15, 0.2) is 54.7 Å². The fourth-order valence-corrected chi connectivity index (χ4v) is 3.22. The number of nitrogens with zero attached hydrogens (tertiary/aromatic N) is 1. The highest BCUT2D eigenvalue weighted by molar-refractivity contribution is 7.71. The fraction of sp³-hybridized carbons (Fsp3) is 0.200. The van der Waals surface area contributed by atoms with Crippen molar-refractivity contribution < 1.29 is 4.79 Å². The van der Waals surface area contributed by atoms with Crippen molar-refractivity contribution in [2.24, 2.45) is 0 Å². The molecule has 1 atom stereocenters. The number of rotatable bonds is 4. The van der Waals surface area contributed by atoms with Crippen LogP contribution in [0, 0.1) is 18.6 Å². The van der Waals surface area contributed by atoms with Crippen LogP contribution >= 0.6 is 12.2 Å². The summed E-state index contributed by atoms with van der Waals surface area (Å²) in [4.78, 5) is 15.8. The number of benzene rings is 2. The van der Waals surface area contributed by atoms with Gasteiger partial charge in [-0.1, -0.05) is 36.4 Å². The van der Waals surface area contributed by atoms with E-state index in [0.29, 0.717) is 10.5 Å². The molecule has 0 aliphatic rings. The zero-order chi connectivity index (χ0) is 18.0. The number of hydrogen-bond donors (Lipinski definition) is 2. The van der Waals surface area contributed by atoms with Crippen molar-refractivity contribution >= 4 is 18.1 Å². The molecule has 0 spiro atoms. The van der Waals surface area contributed by atoms with Crippen molar-refractivity contribution in [3.8, 4) is 5.69 Å². The van der Waals surface area contributed by atoms with E-state index in [4.69, 9.17) is 12.2 Å². The number of para-hydroxylation sites is 1. The monoisotopic (exact) mass is 351 g/mol. The normalized spacial score (nSPS) is 12.0. The van der Waals surface area contributed by atoms with Gasteiger partial charge in [-0.15, -0.1) is 0 Å². The van der Waals surface area contributed by atoms with Gasteiger partial charge in [-0.3, -0.25) is 9.36 Å². The molecule has 0 fully saturated rings. The summed E-state index contributed by atoms with van der Waals surface area (Å²) in [5.74, 6) is -0.162. The standard InChI is InChI=1S/C20H21N3OS/c1-13-8-7-11-17(14(13)2)15(3)22-19(24)18-12-21-20(25)23(18)16-9-5-4-6-10-16/h4-12,15H,1-3H3,(H,21,25)(H,22,24). The smallest absolute Gasteiger partial charge is 0.270 e. The zero-order valence-electron chi connectivity index (χ0n) is 14.5. The van der Waals surface area contributed by atoms with E-state index in [1.165, 1.54) is 11.1 Å². The second-order valence-electron chi connectivity index (χ2n) is 6.13. The minimum Gasteiger partial charge on any atom is -0.344 e. The first kappa shape index (κ1) is 17.2. The molecule has 1 amide bonds. The van der Waals surface area contributed by atoms with Gasteiger partial charge in [0.2, 0.25) is 0 Å². The van der Waals surface area contributed by atoms with Gasteiger partial charge in [-0.2, -0.15) is 0 Å². The molecule has 0 saturated carbocycles. The number of aromatic nitrogens is 2. The summed E-state index contributed by atoms with van der Waals surface area (Å²) in [7, 11) is 0. The Labute approximate surface area is 152 Å². The van der Waals surface area contributed by atoms with Gasteiger partial charge in [0.05, 0.1) is 6.04 Å². The molecule has 25 heavy (non-hydrogen) atoms. The molecular formula is C20H21N3OS. The highest BCUT2D eigenvalue weighted by Crippen LogP contribution is 2.21. The Morgan fingerprint density at radius 3 is 2.56 bits per heavy atom. The number of amides is 1. The van der Waals surface area contributed by atoms with Crippen LogP contribution in [0.1, 0.15) is 40.1 Å². The molecule has 1 aromatic heterocycles. The van der Waals surface area contributed by atoms with Crippen molar-refractivity contribution in [3.63, 3.8) is 0 Å². The lowest BCUT2D eigenvalue weighted by atomic mass is 9.98. The third-order valence-electron chi connectivity index (χ3n) is 4.48. The van der Waals surface area contributed by atoms with Crippen LogP contribution in [0.5, 0.6) is 0 Å². The van der Waals surface area contributed by atoms with Gasteiger partial charge in [-0.25, -0.2) is 0 Å². The minimum atomic E-state index is -0.162. The molecule has 0 saturated heterocycles. The van der Waals surface area contributed by atoms with Crippen LogP contribution < -0.4 is 5.32 Å². The van der Waals surface area contributed by atoms with Gasteiger partial charge < -0.3 is 10.3 Å². The Morgan fingerprint density at radius 1 is 1.12 bits per heavy atom. The minimum absolute atomic E-state index is 0.0971.